The van der Waals surface area contributed by atoms with Crippen molar-refractivity contribution < 1.29 is 14.7 Å². The highest BCUT2D eigenvalue weighted by atomic mass is 32.1. The fraction of sp³-hybridized carbons (Fsp3) is 0.538. The summed E-state index contributed by atoms with van der Waals surface area (Å²) in [6.45, 7) is 1.96. The van der Waals surface area contributed by atoms with Crippen molar-refractivity contribution in [2.45, 2.75) is 38.3 Å². The summed E-state index contributed by atoms with van der Waals surface area (Å²) in [5.74, 6) is -0.523. The Morgan fingerprint density at radius 2 is 2.16 bits per heavy atom. The van der Waals surface area contributed by atoms with E-state index < -0.39 is 18.0 Å². The van der Waals surface area contributed by atoms with Crippen LogP contribution in [0.1, 0.15) is 37.1 Å². The highest BCUT2D eigenvalue weighted by Crippen LogP contribution is 2.29. The minimum Gasteiger partial charge on any atom is -0.479 e. The molecule has 1 saturated carbocycles. The number of thiophene rings is 1. The van der Waals surface area contributed by atoms with Crippen molar-refractivity contribution in [3.8, 4) is 0 Å². The normalized spacial score (nSPS) is 18.2. The van der Waals surface area contributed by atoms with Crippen LogP contribution in [0.2, 0.25) is 0 Å². The number of rotatable bonds is 5. The van der Waals surface area contributed by atoms with Gasteiger partial charge in [-0.15, -0.1) is 11.3 Å². The molecule has 1 fully saturated rings. The SMILES string of the molecule is CC(NC(=O)NC(C(=O)O)c1cccs1)C1CCC1. The molecule has 3 N–H and O–H groups in total. The van der Waals surface area contributed by atoms with Crippen molar-refractivity contribution >= 4 is 23.3 Å². The van der Waals surface area contributed by atoms with Crippen LogP contribution in [0.4, 0.5) is 4.79 Å². The van der Waals surface area contributed by atoms with Crippen LogP contribution in [-0.2, 0) is 4.79 Å². The highest BCUT2D eigenvalue weighted by Gasteiger charge is 2.27. The maximum atomic E-state index is 11.8. The van der Waals surface area contributed by atoms with Gasteiger partial charge in [0.05, 0.1) is 0 Å². The molecule has 0 bridgehead atoms. The number of urea groups is 1. The van der Waals surface area contributed by atoms with Gasteiger partial charge in [0.15, 0.2) is 6.04 Å². The van der Waals surface area contributed by atoms with Crippen LogP contribution < -0.4 is 10.6 Å². The van der Waals surface area contributed by atoms with E-state index in [1.807, 2.05) is 6.92 Å². The van der Waals surface area contributed by atoms with Gasteiger partial charge < -0.3 is 15.7 Å². The van der Waals surface area contributed by atoms with Gasteiger partial charge in [0.25, 0.3) is 0 Å². The van der Waals surface area contributed by atoms with E-state index in [0.717, 1.165) is 12.8 Å². The molecule has 104 valence electrons. The molecule has 0 radical (unpaired) electrons. The Bertz CT molecular complexity index is 443. The molecule has 0 spiro atoms. The van der Waals surface area contributed by atoms with Crippen molar-refractivity contribution in [1.82, 2.24) is 10.6 Å². The molecule has 2 rings (SSSR count). The molecular formula is C13H18N2O3S. The molecule has 19 heavy (non-hydrogen) atoms. The lowest BCUT2D eigenvalue weighted by molar-refractivity contribution is -0.139. The van der Waals surface area contributed by atoms with Crippen molar-refractivity contribution in [3.05, 3.63) is 22.4 Å². The molecule has 6 heteroatoms. The van der Waals surface area contributed by atoms with Crippen LogP contribution in [0.15, 0.2) is 17.5 Å². The van der Waals surface area contributed by atoms with E-state index in [1.54, 1.807) is 17.5 Å². The quantitative estimate of drug-likeness (QED) is 0.775. The Hall–Kier alpha value is -1.56. The number of carboxylic acids is 1. The maximum Gasteiger partial charge on any atom is 0.331 e. The molecule has 0 aromatic carbocycles. The average Bonchev–Trinajstić information content (AvgIpc) is 2.75. The van der Waals surface area contributed by atoms with E-state index in [-0.39, 0.29) is 6.04 Å². The third-order valence-corrected chi connectivity index (χ3v) is 4.50. The summed E-state index contributed by atoms with van der Waals surface area (Å²) < 4.78 is 0. The monoisotopic (exact) mass is 282 g/mol. The van der Waals surface area contributed by atoms with Gasteiger partial charge in [-0.25, -0.2) is 9.59 Å². The molecule has 0 saturated heterocycles. The van der Waals surface area contributed by atoms with E-state index in [0.29, 0.717) is 10.8 Å². The van der Waals surface area contributed by atoms with Crippen LogP contribution in [0, 0.1) is 5.92 Å². The maximum absolute atomic E-state index is 11.8. The third-order valence-electron chi connectivity index (χ3n) is 3.57. The molecule has 1 aromatic heterocycles. The third kappa shape index (κ3) is 3.47. The summed E-state index contributed by atoms with van der Waals surface area (Å²) in [6.07, 6.45) is 3.48. The number of hydrogen-bond acceptors (Lipinski definition) is 3. The summed E-state index contributed by atoms with van der Waals surface area (Å²) >= 11 is 1.32. The minimum atomic E-state index is -1.05. The van der Waals surface area contributed by atoms with Crippen LogP contribution in [0.25, 0.3) is 0 Å². The Balaban J connectivity index is 1.90. The molecule has 2 amide bonds. The Labute approximate surface area is 116 Å². The lowest BCUT2D eigenvalue weighted by atomic mass is 9.80. The number of aliphatic carboxylic acids is 1. The summed E-state index contributed by atoms with van der Waals surface area (Å²) in [5.41, 5.74) is 0. The number of carbonyl (C=O) groups excluding carboxylic acids is 1. The molecule has 0 aliphatic heterocycles. The molecule has 5 nitrogen and oxygen atoms in total. The van der Waals surface area contributed by atoms with Gasteiger partial charge in [-0.1, -0.05) is 12.5 Å². The predicted molar refractivity (Wildman–Crippen MR) is 73.2 cm³/mol. The smallest absolute Gasteiger partial charge is 0.331 e. The van der Waals surface area contributed by atoms with Gasteiger partial charge in [0.1, 0.15) is 0 Å². The molecule has 1 aromatic rings. The summed E-state index contributed by atoms with van der Waals surface area (Å²) in [4.78, 5) is 23.6. The second-order valence-electron chi connectivity index (χ2n) is 4.88. The predicted octanol–water partition coefficient (Wildman–Crippen LogP) is 2.36. The first-order chi connectivity index (χ1) is 9.08. The lowest BCUT2D eigenvalue weighted by Crippen LogP contribution is -2.47. The zero-order valence-corrected chi connectivity index (χ0v) is 11.6. The summed E-state index contributed by atoms with van der Waals surface area (Å²) in [6, 6.07) is 2.17. The van der Waals surface area contributed by atoms with E-state index in [1.165, 1.54) is 17.8 Å². The van der Waals surface area contributed by atoms with Crippen molar-refractivity contribution in [2.24, 2.45) is 5.92 Å². The lowest BCUT2D eigenvalue weighted by Gasteiger charge is -2.32. The molecule has 1 aliphatic carbocycles. The van der Waals surface area contributed by atoms with Gasteiger partial charge in [0, 0.05) is 10.9 Å². The number of carboxylic acid groups (broad SMARTS) is 1. The van der Waals surface area contributed by atoms with E-state index >= 15 is 0 Å². The van der Waals surface area contributed by atoms with Crippen molar-refractivity contribution in [1.29, 1.82) is 0 Å². The molecule has 1 heterocycles. The topological polar surface area (TPSA) is 78.4 Å². The van der Waals surface area contributed by atoms with Gasteiger partial charge in [-0.3, -0.25) is 0 Å². The number of carbonyl (C=O) groups is 2. The minimum absolute atomic E-state index is 0.0894. The fourth-order valence-corrected chi connectivity index (χ4v) is 2.91. The standard InChI is InChI=1S/C13H18N2O3S/c1-8(9-4-2-5-9)14-13(18)15-11(12(16)17)10-6-3-7-19-10/h3,6-9,11H,2,4-5H2,1H3,(H,16,17)(H2,14,15,18). The van der Waals surface area contributed by atoms with E-state index in [4.69, 9.17) is 5.11 Å². The zero-order chi connectivity index (χ0) is 13.8. The zero-order valence-electron chi connectivity index (χ0n) is 10.8. The van der Waals surface area contributed by atoms with Gasteiger partial charge >= 0.3 is 12.0 Å². The first-order valence-electron chi connectivity index (χ1n) is 6.41. The van der Waals surface area contributed by atoms with Crippen LogP contribution in [0.5, 0.6) is 0 Å². The number of amides is 2. The Morgan fingerprint density at radius 1 is 1.42 bits per heavy atom. The van der Waals surface area contributed by atoms with Crippen LogP contribution >= 0.6 is 11.3 Å². The number of hydrogen-bond donors (Lipinski definition) is 3. The van der Waals surface area contributed by atoms with E-state index in [9.17, 15) is 9.59 Å². The van der Waals surface area contributed by atoms with E-state index in [2.05, 4.69) is 10.6 Å². The molecule has 2 unspecified atom stereocenters. The van der Waals surface area contributed by atoms with Gasteiger partial charge in [-0.2, -0.15) is 0 Å². The second-order valence-corrected chi connectivity index (χ2v) is 5.86. The Kier molecular flexibility index (Phi) is 4.42. The largest absolute Gasteiger partial charge is 0.479 e. The molecule has 2 atom stereocenters. The first-order valence-corrected chi connectivity index (χ1v) is 7.29. The average molecular weight is 282 g/mol. The second kappa shape index (κ2) is 6.06. The first kappa shape index (κ1) is 13.9. The Morgan fingerprint density at radius 3 is 2.63 bits per heavy atom. The molecular weight excluding hydrogens is 264 g/mol. The van der Waals surface area contributed by atoms with Gasteiger partial charge in [0.2, 0.25) is 0 Å². The summed E-state index contributed by atoms with van der Waals surface area (Å²) in [7, 11) is 0. The highest BCUT2D eigenvalue weighted by molar-refractivity contribution is 7.10. The molecule has 1 aliphatic rings. The van der Waals surface area contributed by atoms with Crippen LogP contribution in [0.3, 0.4) is 0 Å². The fourth-order valence-electron chi connectivity index (χ4n) is 2.15. The summed E-state index contributed by atoms with van der Waals surface area (Å²) in [5, 5.41) is 16.3. The van der Waals surface area contributed by atoms with Crippen molar-refractivity contribution in [3.63, 3.8) is 0 Å². The van der Waals surface area contributed by atoms with Crippen LogP contribution in [-0.4, -0.2) is 23.1 Å². The van der Waals surface area contributed by atoms with Gasteiger partial charge in [-0.05, 0) is 37.1 Å². The van der Waals surface area contributed by atoms with Crippen molar-refractivity contribution in [2.75, 3.05) is 0 Å². The number of nitrogens with one attached hydrogen (secondary N) is 2.